The van der Waals surface area contributed by atoms with Crippen LogP contribution in [0.3, 0.4) is 0 Å². The van der Waals surface area contributed by atoms with E-state index >= 15 is 0 Å². The van der Waals surface area contributed by atoms with Crippen LogP contribution in [-0.4, -0.2) is 69.6 Å². The number of amides is 1. The minimum atomic E-state index is -0.910. The number of morpholine rings is 1. The predicted molar refractivity (Wildman–Crippen MR) is 125 cm³/mol. The van der Waals surface area contributed by atoms with Gasteiger partial charge in [0.25, 0.3) is 0 Å². The number of benzene rings is 1. The van der Waals surface area contributed by atoms with Crippen LogP contribution in [0.15, 0.2) is 35.7 Å². The highest BCUT2D eigenvalue weighted by Crippen LogP contribution is 2.43. The molecule has 0 bridgehead atoms. The largest absolute Gasteiger partial charge is 0.457 e. The van der Waals surface area contributed by atoms with Crippen molar-refractivity contribution >= 4 is 29.0 Å². The van der Waals surface area contributed by atoms with Gasteiger partial charge in [-0.15, -0.1) is 0 Å². The van der Waals surface area contributed by atoms with Gasteiger partial charge in [-0.3, -0.25) is 14.4 Å². The first kappa shape index (κ1) is 23.8. The standard InChI is InChI=1S/C25H30N4O5/c1-27-19-7-3-4-8-20(19)28(2)23(27)18(16-26)21(30)17-34-24(32)25(9-5-6-10-25)15-22(31)29-11-13-33-14-12-29/h3-4,7-8H,5-6,9-15,17H2,1-2H3. The highest BCUT2D eigenvalue weighted by Gasteiger charge is 2.45. The summed E-state index contributed by atoms with van der Waals surface area (Å²) in [6.45, 7) is 1.50. The molecule has 180 valence electrons. The average molecular weight is 467 g/mol. The molecule has 1 aliphatic carbocycles. The molecule has 0 unspecified atom stereocenters. The molecule has 3 aliphatic rings. The lowest BCUT2D eigenvalue weighted by atomic mass is 9.82. The highest BCUT2D eigenvalue weighted by atomic mass is 16.5. The van der Waals surface area contributed by atoms with Crippen molar-refractivity contribution in [3.8, 4) is 6.07 Å². The number of anilines is 2. The molecular weight excluding hydrogens is 436 g/mol. The van der Waals surface area contributed by atoms with Gasteiger partial charge in [0.15, 0.2) is 6.61 Å². The number of fused-ring (bicyclic) bond motifs is 1. The molecule has 1 aromatic rings. The maximum Gasteiger partial charge on any atom is 0.313 e. The average Bonchev–Trinajstić information content (AvgIpc) is 3.43. The summed E-state index contributed by atoms with van der Waals surface area (Å²) in [6, 6.07) is 9.60. The Hall–Kier alpha value is -3.38. The molecule has 2 heterocycles. The zero-order valence-electron chi connectivity index (χ0n) is 19.7. The van der Waals surface area contributed by atoms with Gasteiger partial charge in [-0.05, 0) is 25.0 Å². The van der Waals surface area contributed by atoms with Gasteiger partial charge in [0, 0.05) is 33.6 Å². The van der Waals surface area contributed by atoms with Crippen LogP contribution >= 0.6 is 0 Å². The summed E-state index contributed by atoms with van der Waals surface area (Å²) in [5.74, 6) is -0.730. The van der Waals surface area contributed by atoms with Gasteiger partial charge in [0.05, 0.1) is 30.0 Å². The summed E-state index contributed by atoms with van der Waals surface area (Å²) in [6.07, 6.45) is 2.86. The number of Topliss-reactive ketones (excluding diaryl/α,β-unsaturated/α-hetero) is 1. The first-order valence-corrected chi connectivity index (χ1v) is 11.6. The Morgan fingerprint density at radius 3 is 2.21 bits per heavy atom. The van der Waals surface area contributed by atoms with Gasteiger partial charge >= 0.3 is 5.97 Å². The summed E-state index contributed by atoms with van der Waals surface area (Å²) in [7, 11) is 3.58. The third-order valence-electron chi connectivity index (χ3n) is 7.04. The van der Waals surface area contributed by atoms with Crippen LogP contribution in [0.25, 0.3) is 0 Å². The summed E-state index contributed by atoms with van der Waals surface area (Å²) >= 11 is 0. The van der Waals surface area contributed by atoms with Crippen LogP contribution in [0, 0.1) is 16.7 Å². The fourth-order valence-corrected chi connectivity index (χ4v) is 5.13. The zero-order valence-corrected chi connectivity index (χ0v) is 19.7. The number of carbonyl (C=O) groups excluding carboxylic acids is 3. The molecule has 1 aromatic carbocycles. The van der Waals surface area contributed by atoms with Crippen LogP contribution in [0.4, 0.5) is 11.4 Å². The highest BCUT2D eigenvalue weighted by molar-refractivity contribution is 6.04. The van der Waals surface area contributed by atoms with E-state index in [4.69, 9.17) is 9.47 Å². The minimum Gasteiger partial charge on any atom is -0.457 e. The Bertz CT molecular complexity index is 1020. The molecule has 2 aliphatic heterocycles. The molecule has 0 spiro atoms. The maximum absolute atomic E-state index is 13.1. The number of hydrogen-bond acceptors (Lipinski definition) is 8. The third kappa shape index (κ3) is 4.38. The first-order valence-electron chi connectivity index (χ1n) is 11.6. The first-order chi connectivity index (χ1) is 16.4. The van der Waals surface area contributed by atoms with Crippen LogP contribution in [0.1, 0.15) is 32.1 Å². The van der Waals surface area contributed by atoms with Crippen LogP contribution in [-0.2, 0) is 23.9 Å². The normalized spacial score (nSPS) is 19.0. The molecule has 9 heteroatoms. The van der Waals surface area contributed by atoms with E-state index in [1.807, 2.05) is 30.3 Å². The van der Waals surface area contributed by atoms with Gasteiger partial charge in [-0.25, -0.2) is 0 Å². The van der Waals surface area contributed by atoms with Gasteiger partial charge in [0.2, 0.25) is 11.7 Å². The van der Waals surface area contributed by atoms with E-state index in [0.29, 0.717) is 45.0 Å². The Kier molecular flexibility index (Phi) is 6.89. The van der Waals surface area contributed by atoms with E-state index in [-0.39, 0.29) is 17.9 Å². The van der Waals surface area contributed by atoms with Crippen molar-refractivity contribution in [1.82, 2.24) is 4.90 Å². The lowest BCUT2D eigenvalue weighted by Crippen LogP contribution is -2.44. The van der Waals surface area contributed by atoms with Gasteiger partial charge < -0.3 is 24.2 Å². The van der Waals surface area contributed by atoms with Crippen LogP contribution in [0.2, 0.25) is 0 Å². The van der Waals surface area contributed by atoms with E-state index in [9.17, 15) is 19.6 Å². The molecule has 4 rings (SSSR count). The van der Waals surface area contributed by atoms with Crippen molar-refractivity contribution in [3.63, 3.8) is 0 Å². The predicted octanol–water partition coefficient (Wildman–Crippen LogP) is 2.23. The second kappa shape index (κ2) is 9.85. The molecule has 1 saturated heterocycles. The van der Waals surface area contributed by atoms with Crippen LogP contribution < -0.4 is 9.80 Å². The Morgan fingerprint density at radius 2 is 1.65 bits per heavy atom. The number of rotatable bonds is 6. The lowest BCUT2D eigenvalue weighted by molar-refractivity contribution is -0.161. The molecule has 1 amide bonds. The van der Waals surface area contributed by atoms with Crippen molar-refractivity contribution in [3.05, 3.63) is 35.7 Å². The fourth-order valence-electron chi connectivity index (χ4n) is 5.13. The Morgan fingerprint density at radius 1 is 1.06 bits per heavy atom. The number of nitrogens with zero attached hydrogens (tertiary/aromatic N) is 4. The molecule has 1 saturated carbocycles. The number of para-hydroxylation sites is 2. The summed E-state index contributed by atoms with van der Waals surface area (Å²) in [5, 5.41) is 9.78. The quantitative estimate of drug-likeness (QED) is 0.357. The van der Waals surface area contributed by atoms with Crippen LogP contribution in [0.5, 0.6) is 0 Å². The number of nitriles is 1. The molecule has 0 atom stereocenters. The van der Waals surface area contributed by atoms with Crippen molar-refractivity contribution in [2.45, 2.75) is 32.1 Å². The second-order valence-electron chi connectivity index (χ2n) is 9.07. The maximum atomic E-state index is 13.1. The monoisotopic (exact) mass is 466 g/mol. The number of carbonyl (C=O) groups is 3. The van der Waals surface area contributed by atoms with E-state index in [1.165, 1.54) is 0 Å². The molecule has 9 nitrogen and oxygen atoms in total. The van der Waals surface area contributed by atoms with E-state index in [1.54, 1.807) is 28.8 Å². The zero-order chi connectivity index (χ0) is 24.3. The number of hydrogen-bond donors (Lipinski definition) is 0. The number of ketones is 1. The lowest BCUT2D eigenvalue weighted by Gasteiger charge is -2.32. The molecular formula is C25H30N4O5. The van der Waals surface area contributed by atoms with Crippen molar-refractivity contribution in [2.75, 3.05) is 56.8 Å². The smallest absolute Gasteiger partial charge is 0.313 e. The Labute approximate surface area is 199 Å². The summed E-state index contributed by atoms with van der Waals surface area (Å²) in [4.78, 5) is 44.3. The van der Waals surface area contributed by atoms with Gasteiger partial charge in [-0.1, -0.05) is 25.0 Å². The number of ether oxygens (including phenoxy) is 2. The molecule has 34 heavy (non-hydrogen) atoms. The molecule has 2 fully saturated rings. The van der Waals surface area contributed by atoms with Gasteiger partial charge in [0.1, 0.15) is 17.5 Å². The summed E-state index contributed by atoms with van der Waals surface area (Å²) in [5.41, 5.74) is 0.777. The van der Waals surface area contributed by atoms with E-state index < -0.39 is 23.8 Å². The molecule has 0 aromatic heterocycles. The van der Waals surface area contributed by atoms with Crippen molar-refractivity contribution in [1.29, 1.82) is 5.26 Å². The third-order valence-corrected chi connectivity index (χ3v) is 7.04. The molecule has 0 radical (unpaired) electrons. The topological polar surface area (TPSA) is 103 Å². The van der Waals surface area contributed by atoms with Crippen molar-refractivity contribution in [2.24, 2.45) is 5.41 Å². The van der Waals surface area contributed by atoms with Crippen molar-refractivity contribution < 1.29 is 23.9 Å². The van der Waals surface area contributed by atoms with E-state index in [0.717, 1.165) is 24.2 Å². The van der Waals surface area contributed by atoms with E-state index in [2.05, 4.69) is 0 Å². The second-order valence-corrected chi connectivity index (χ2v) is 9.07. The van der Waals surface area contributed by atoms with Gasteiger partial charge in [-0.2, -0.15) is 5.26 Å². The Balaban J connectivity index is 1.46. The SMILES string of the molecule is CN1C(=C(C#N)C(=O)COC(=O)C2(CC(=O)N3CCOCC3)CCCC2)N(C)c2ccccc21. The summed E-state index contributed by atoms with van der Waals surface area (Å²) < 4.78 is 10.8. The number of esters is 1. The minimum absolute atomic E-state index is 0.0705. The molecule has 0 N–H and O–H groups in total. The fraction of sp³-hybridized carbons (Fsp3) is 0.520.